The Bertz CT molecular complexity index is 532. The van der Waals surface area contributed by atoms with Gasteiger partial charge in [0, 0.05) is 24.3 Å². The maximum Gasteiger partial charge on any atom is 0.252 e. The molecule has 0 unspecified atom stereocenters. The fraction of sp³-hybridized carbons (Fsp3) is 0.438. The zero-order valence-corrected chi connectivity index (χ0v) is 13.6. The van der Waals surface area contributed by atoms with E-state index < -0.39 is 5.91 Å². The molecule has 0 saturated carbocycles. The summed E-state index contributed by atoms with van der Waals surface area (Å²) in [6.45, 7) is 2.28. The fourth-order valence-electron chi connectivity index (χ4n) is 1.83. The van der Waals surface area contributed by atoms with Crippen molar-refractivity contribution in [2.45, 2.75) is 43.9 Å². The van der Waals surface area contributed by atoms with Crippen molar-refractivity contribution < 1.29 is 14.4 Å². The van der Waals surface area contributed by atoms with Crippen LogP contribution in [-0.4, -0.2) is 23.5 Å². The van der Waals surface area contributed by atoms with E-state index in [0.717, 1.165) is 31.0 Å². The van der Waals surface area contributed by atoms with E-state index in [0.29, 0.717) is 16.9 Å². The van der Waals surface area contributed by atoms with Crippen molar-refractivity contribution in [1.29, 1.82) is 0 Å². The second kappa shape index (κ2) is 10.00. The van der Waals surface area contributed by atoms with E-state index >= 15 is 0 Å². The third kappa shape index (κ3) is 6.76. The minimum atomic E-state index is -0.464. The molecule has 1 aromatic rings. The SMILES string of the molecule is CCCCCC(=O)Sc1ccccc1C(=O)NCCC(N)=O. The summed E-state index contributed by atoms with van der Waals surface area (Å²) in [5.41, 5.74) is 5.48. The highest BCUT2D eigenvalue weighted by molar-refractivity contribution is 8.13. The molecule has 0 spiro atoms. The van der Waals surface area contributed by atoms with Crippen molar-refractivity contribution in [2.24, 2.45) is 5.73 Å². The average molecular weight is 322 g/mol. The average Bonchev–Trinajstić information content (AvgIpc) is 2.47. The third-order valence-electron chi connectivity index (χ3n) is 3.00. The van der Waals surface area contributed by atoms with Crippen LogP contribution in [0.3, 0.4) is 0 Å². The summed E-state index contributed by atoms with van der Waals surface area (Å²) >= 11 is 1.10. The predicted molar refractivity (Wildman–Crippen MR) is 87.6 cm³/mol. The molecule has 5 nitrogen and oxygen atoms in total. The molecule has 0 aliphatic rings. The number of nitrogens with one attached hydrogen (secondary N) is 1. The molecule has 0 saturated heterocycles. The first-order valence-electron chi connectivity index (χ1n) is 7.40. The maximum atomic E-state index is 12.1. The summed E-state index contributed by atoms with van der Waals surface area (Å²) in [5.74, 6) is -0.764. The Morgan fingerprint density at radius 2 is 1.86 bits per heavy atom. The summed E-state index contributed by atoms with van der Waals surface area (Å²) in [6, 6.07) is 6.96. The van der Waals surface area contributed by atoms with Gasteiger partial charge in [0.15, 0.2) is 5.12 Å². The molecule has 0 heterocycles. The highest BCUT2D eigenvalue weighted by atomic mass is 32.2. The van der Waals surface area contributed by atoms with Crippen LogP contribution in [-0.2, 0) is 9.59 Å². The molecule has 0 aliphatic carbocycles. The maximum absolute atomic E-state index is 12.1. The van der Waals surface area contributed by atoms with Crippen LogP contribution < -0.4 is 11.1 Å². The lowest BCUT2D eigenvalue weighted by Crippen LogP contribution is -2.28. The Labute approximate surface area is 135 Å². The summed E-state index contributed by atoms with van der Waals surface area (Å²) in [4.78, 5) is 35.4. The molecule has 0 fully saturated rings. The van der Waals surface area contributed by atoms with Gasteiger partial charge < -0.3 is 11.1 Å². The number of nitrogens with two attached hydrogens (primary N) is 1. The van der Waals surface area contributed by atoms with Gasteiger partial charge >= 0.3 is 0 Å². The van der Waals surface area contributed by atoms with Gasteiger partial charge in [-0.1, -0.05) is 43.7 Å². The monoisotopic (exact) mass is 322 g/mol. The second-order valence-corrected chi connectivity index (χ2v) is 6.00. The van der Waals surface area contributed by atoms with Gasteiger partial charge in [-0.25, -0.2) is 0 Å². The summed E-state index contributed by atoms with van der Waals surface area (Å²) < 4.78 is 0. The van der Waals surface area contributed by atoms with Gasteiger partial charge in [-0.15, -0.1) is 0 Å². The van der Waals surface area contributed by atoms with Crippen LogP contribution in [0.1, 0.15) is 49.4 Å². The smallest absolute Gasteiger partial charge is 0.252 e. The molecule has 1 aromatic carbocycles. The first kappa shape index (κ1) is 18.2. The standard InChI is InChI=1S/C16H22N2O3S/c1-2-3-4-9-15(20)22-13-8-6-5-7-12(13)16(21)18-11-10-14(17)19/h5-8H,2-4,9-11H2,1H3,(H2,17,19)(H,18,21). The van der Waals surface area contributed by atoms with E-state index in [2.05, 4.69) is 12.2 Å². The van der Waals surface area contributed by atoms with Crippen molar-refractivity contribution in [2.75, 3.05) is 6.54 Å². The number of carbonyl (C=O) groups is 3. The molecule has 22 heavy (non-hydrogen) atoms. The molecule has 120 valence electrons. The number of hydrogen-bond acceptors (Lipinski definition) is 4. The van der Waals surface area contributed by atoms with Crippen LogP contribution in [0.4, 0.5) is 0 Å². The number of amides is 2. The number of hydrogen-bond donors (Lipinski definition) is 2. The van der Waals surface area contributed by atoms with Crippen molar-refractivity contribution in [3.8, 4) is 0 Å². The Hall–Kier alpha value is -1.82. The van der Waals surface area contributed by atoms with E-state index in [9.17, 15) is 14.4 Å². The Balaban J connectivity index is 2.62. The van der Waals surface area contributed by atoms with Gasteiger partial charge in [0.05, 0.1) is 5.56 Å². The molecule has 0 aromatic heterocycles. The molecular weight excluding hydrogens is 300 g/mol. The molecule has 0 radical (unpaired) electrons. The van der Waals surface area contributed by atoms with Crippen LogP contribution >= 0.6 is 11.8 Å². The summed E-state index contributed by atoms with van der Waals surface area (Å²) in [5, 5.41) is 2.69. The summed E-state index contributed by atoms with van der Waals surface area (Å²) in [7, 11) is 0. The van der Waals surface area contributed by atoms with E-state index in [1.54, 1.807) is 24.3 Å². The minimum Gasteiger partial charge on any atom is -0.370 e. The van der Waals surface area contributed by atoms with E-state index in [1.165, 1.54) is 0 Å². The Morgan fingerprint density at radius 3 is 2.55 bits per heavy atom. The van der Waals surface area contributed by atoms with E-state index in [1.807, 2.05) is 0 Å². The molecule has 6 heteroatoms. The second-order valence-electron chi connectivity index (χ2n) is 4.90. The van der Waals surface area contributed by atoms with Gasteiger partial charge in [-0.2, -0.15) is 0 Å². The van der Waals surface area contributed by atoms with Gasteiger partial charge in [-0.3, -0.25) is 14.4 Å². The zero-order valence-electron chi connectivity index (χ0n) is 12.8. The van der Waals surface area contributed by atoms with Crippen molar-refractivity contribution >= 4 is 28.7 Å². The highest BCUT2D eigenvalue weighted by Crippen LogP contribution is 2.25. The number of benzene rings is 1. The number of rotatable bonds is 9. The minimum absolute atomic E-state index is 0.0610. The number of carbonyl (C=O) groups excluding carboxylic acids is 3. The number of primary amides is 1. The molecular formula is C16H22N2O3S. The lowest BCUT2D eigenvalue weighted by atomic mass is 10.2. The Morgan fingerprint density at radius 1 is 1.14 bits per heavy atom. The van der Waals surface area contributed by atoms with Crippen LogP contribution in [0, 0.1) is 0 Å². The van der Waals surface area contributed by atoms with Crippen LogP contribution in [0.25, 0.3) is 0 Å². The molecule has 0 atom stereocenters. The van der Waals surface area contributed by atoms with Gasteiger partial charge in [0.25, 0.3) is 5.91 Å². The first-order valence-corrected chi connectivity index (χ1v) is 8.22. The van der Waals surface area contributed by atoms with Gasteiger partial charge in [0.2, 0.25) is 5.91 Å². The van der Waals surface area contributed by atoms with E-state index in [-0.39, 0.29) is 24.0 Å². The molecule has 1 rings (SSSR count). The van der Waals surface area contributed by atoms with Crippen molar-refractivity contribution in [3.05, 3.63) is 29.8 Å². The zero-order chi connectivity index (χ0) is 16.4. The molecule has 0 bridgehead atoms. The quantitative estimate of drug-likeness (QED) is 0.540. The largest absolute Gasteiger partial charge is 0.370 e. The molecule has 2 amide bonds. The summed E-state index contributed by atoms with van der Waals surface area (Å²) in [6.07, 6.45) is 3.57. The first-order chi connectivity index (χ1) is 10.5. The number of unbranched alkanes of at least 4 members (excludes halogenated alkanes) is 2. The lowest BCUT2D eigenvalue weighted by molar-refractivity contribution is -0.117. The van der Waals surface area contributed by atoms with E-state index in [4.69, 9.17) is 5.73 Å². The van der Waals surface area contributed by atoms with Crippen molar-refractivity contribution in [3.63, 3.8) is 0 Å². The normalized spacial score (nSPS) is 10.2. The van der Waals surface area contributed by atoms with Crippen LogP contribution in [0.2, 0.25) is 0 Å². The predicted octanol–water partition coefficient (Wildman–Crippen LogP) is 2.49. The Kier molecular flexibility index (Phi) is 8.28. The topological polar surface area (TPSA) is 89.3 Å². The van der Waals surface area contributed by atoms with Crippen LogP contribution in [0.5, 0.6) is 0 Å². The third-order valence-corrected chi connectivity index (χ3v) is 4.00. The fourth-order valence-corrected chi connectivity index (χ4v) is 2.74. The van der Waals surface area contributed by atoms with Gasteiger partial charge in [0.1, 0.15) is 0 Å². The highest BCUT2D eigenvalue weighted by Gasteiger charge is 2.14. The lowest BCUT2D eigenvalue weighted by Gasteiger charge is -2.09. The van der Waals surface area contributed by atoms with Crippen molar-refractivity contribution in [1.82, 2.24) is 5.32 Å². The molecule has 0 aliphatic heterocycles. The number of thioether (sulfide) groups is 1. The van der Waals surface area contributed by atoms with Crippen LogP contribution in [0.15, 0.2) is 29.2 Å². The molecule has 3 N–H and O–H groups in total. The van der Waals surface area contributed by atoms with Gasteiger partial charge in [-0.05, 0) is 18.6 Å².